The van der Waals surface area contributed by atoms with Gasteiger partial charge < -0.3 is 9.73 Å². The number of hydrogen-bond acceptors (Lipinski definition) is 6. The second-order valence-corrected chi connectivity index (χ2v) is 6.36. The molecule has 3 aromatic rings. The van der Waals surface area contributed by atoms with E-state index in [1.54, 1.807) is 6.07 Å². The second-order valence-electron chi connectivity index (χ2n) is 5.02. The Morgan fingerprint density at radius 2 is 2.04 bits per heavy atom. The van der Waals surface area contributed by atoms with Crippen molar-refractivity contribution in [1.29, 1.82) is 5.26 Å². The van der Waals surface area contributed by atoms with Gasteiger partial charge in [0.1, 0.15) is 11.9 Å². The molecule has 3 rings (SSSR count). The number of carbonyl (C=O) groups is 1. The number of benzene rings is 2. The molecule has 0 radical (unpaired) electrons. The molecule has 0 aliphatic carbocycles. The van der Waals surface area contributed by atoms with Gasteiger partial charge in [-0.05, 0) is 42.5 Å². The van der Waals surface area contributed by atoms with Gasteiger partial charge in [0, 0.05) is 11.3 Å². The summed E-state index contributed by atoms with van der Waals surface area (Å²) in [6.45, 7) is 0. The predicted molar refractivity (Wildman–Crippen MR) is 95.2 cm³/mol. The lowest BCUT2D eigenvalue weighted by Gasteiger charge is -2.05. The average molecular weight is 389 g/mol. The topological polar surface area (TPSA) is 91.8 Å². The van der Waals surface area contributed by atoms with Gasteiger partial charge in [-0.2, -0.15) is 5.26 Å². The first-order valence-corrected chi connectivity index (χ1v) is 8.63. The zero-order valence-corrected chi connectivity index (χ0v) is 14.6. The Hall–Kier alpha value is -2.89. The molecule has 9 heteroatoms. The quantitative estimate of drug-likeness (QED) is 0.660. The SMILES string of the molecule is N#Cc1ccc(NC(=O)CSc2nnc(-c3ccc(F)cc3)o2)cc1Cl. The van der Waals surface area contributed by atoms with Crippen LogP contribution in [0.4, 0.5) is 10.1 Å². The number of rotatable bonds is 5. The van der Waals surface area contributed by atoms with Crippen molar-refractivity contribution in [1.82, 2.24) is 10.2 Å². The molecule has 1 N–H and O–H groups in total. The zero-order valence-electron chi connectivity index (χ0n) is 13.1. The number of aromatic nitrogens is 2. The van der Waals surface area contributed by atoms with E-state index in [0.717, 1.165) is 11.8 Å². The van der Waals surface area contributed by atoms with Gasteiger partial charge >= 0.3 is 0 Å². The van der Waals surface area contributed by atoms with Gasteiger partial charge in [0.05, 0.1) is 16.3 Å². The first kappa shape index (κ1) is 17.9. The monoisotopic (exact) mass is 388 g/mol. The highest BCUT2D eigenvalue weighted by molar-refractivity contribution is 7.99. The van der Waals surface area contributed by atoms with E-state index >= 15 is 0 Å². The third kappa shape index (κ3) is 4.39. The minimum atomic E-state index is -0.359. The van der Waals surface area contributed by atoms with Crippen LogP contribution in [-0.4, -0.2) is 21.9 Å². The fraction of sp³-hybridized carbons (Fsp3) is 0.0588. The number of amides is 1. The molecule has 2 aromatic carbocycles. The van der Waals surface area contributed by atoms with Gasteiger partial charge in [-0.15, -0.1) is 10.2 Å². The smallest absolute Gasteiger partial charge is 0.277 e. The van der Waals surface area contributed by atoms with Gasteiger partial charge in [0.15, 0.2) is 0 Å². The summed E-state index contributed by atoms with van der Waals surface area (Å²) < 4.78 is 18.4. The van der Waals surface area contributed by atoms with Gasteiger partial charge in [-0.1, -0.05) is 23.4 Å². The summed E-state index contributed by atoms with van der Waals surface area (Å²) in [5, 5.41) is 19.7. The maximum absolute atomic E-state index is 12.9. The van der Waals surface area contributed by atoms with E-state index in [1.165, 1.54) is 36.4 Å². The Morgan fingerprint density at radius 1 is 1.27 bits per heavy atom. The summed E-state index contributed by atoms with van der Waals surface area (Å²) in [5.41, 5.74) is 1.40. The number of hydrogen-bond donors (Lipinski definition) is 1. The molecule has 1 aromatic heterocycles. The van der Waals surface area contributed by atoms with Crippen LogP contribution in [0.2, 0.25) is 5.02 Å². The lowest BCUT2D eigenvalue weighted by Crippen LogP contribution is -2.14. The summed E-state index contributed by atoms with van der Waals surface area (Å²) in [4.78, 5) is 12.0. The molecule has 0 aliphatic rings. The Bertz CT molecular complexity index is 985. The van der Waals surface area contributed by atoms with E-state index in [0.29, 0.717) is 16.8 Å². The lowest BCUT2D eigenvalue weighted by atomic mass is 10.2. The molecule has 130 valence electrons. The van der Waals surface area contributed by atoms with E-state index in [4.69, 9.17) is 21.3 Å². The van der Waals surface area contributed by atoms with E-state index in [-0.39, 0.29) is 33.6 Å². The molecule has 0 saturated heterocycles. The maximum atomic E-state index is 12.9. The standard InChI is InChI=1S/C17H10ClFN4O2S/c18-14-7-13(6-3-11(14)8-20)21-15(24)9-26-17-23-22-16(25-17)10-1-4-12(19)5-2-10/h1-7H,9H2,(H,21,24). The van der Waals surface area contributed by atoms with Crippen LogP contribution in [0.5, 0.6) is 0 Å². The van der Waals surface area contributed by atoms with Crippen LogP contribution in [-0.2, 0) is 4.79 Å². The summed E-state index contributed by atoms with van der Waals surface area (Å²) in [7, 11) is 0. The fourth-order valence-electron chi connectivity index (χ4n) is 1.99. The molecule has 0 fully saturated rings. The summed E-state index contributed by atoms with van der Waals surface area (Å²) in [6.07, 6.45) is 0. The van der Waals surface area contributed by atoms with E-state index in [9.17, 15) is 9.18 Å². The highest BCUT2D eigenvalue weighted by atomic mass is 35.5. The molecule has 6 nitrogen and oxygen atoms in total. The maximum Gasteiger partial charge on any atom is 0.277 e. The third-order valence-electron chi connectivity index (χ3n) is 3.20. The predicted octanol–water partition coefficient (Wildman–Crippen LogP) is 4.13. The van der Waals surface area contributed by atoms with E-state index < -0.39 is 0 Å². The van der Waals surface area contributed by atoms with Crippen molar-refractivity contribution in [2.24, 2.45) is 0 Å². The van der Waals surface area contributed by atoms with E-state index in [2.05, 4.69) is 15.5 Å². The number of nitrogens with one attached hydrogen (secondary N) is 1. The highest BCUT2D eigenvalue weighted by Gasteiger charge is 2.12. The molecular weight excluding hydrogens is 379 g/mol. The zero-order chi connectivity index (χ0) is 18.5. The molecule has 0 bridgehead atoms. The molecule has 0 aliphatic heterocycles. The number of halogens is 2. The number of nitrogens with zero attached hydrogens (tertiary/aromatic N) is 3. The van der Waals surface area contributed by atoms with Crippen LogP contribution in [0.3, 0.4) is 0 Å². The molecule has 0 unspecified atom stereocenters. The molecule has 1 amide bonds. The first-order chi connectivity index (χ1) is 12.5. The van der Waals surface area contributed by atoms with Crippen LogP contribution in [0, 0.1) is 17.1 Å². The number of anilines is 1. The Morgan fingerprint density at radius 3 is 2.73 bits per heavy atom. The number of nitriles is 1. The first-order valence-electron chi connectivity index (χ1n) is 7.27. The van der Waals surface area contributed by atoms with Gasteiger partial charge in [-0.3, -0.25) is 4.79 Å². The van der Waals surface area contributed by atoms with Crippen LogP contribution in [0.15, 0.2) is 52.1 Å². The molecule has 26 heavy (non-hydrogen) atoms. The molecule has 0 spiro atoms. The van der Waals surface area contributed by atoms with Crippen molar-refractivity contribution >= 4 is 35.0 Å². The van der Waals surface area contributed by atoms with Crippen molar-refractivity contribution in [3.8, 4) is 17.5 Å². The van der Waals surface area contributed by atoms with Crippen LogP contribution < -0.4 is 5.32 Å². The largest absolute Gasteiger partial charge is 0.411 e. The van der Waals surface area contributed by atoms with Crippen molar-refractivity contribution in [2.75, 3.05) is 11.1 Å². The molecular formula is C17H10ClFN4O2S. The molecule has 0 atom stereocenters. The summed E-state index contributed by atoms with van der Waals surface area (Å²) in [5.74, 6) is -0.366. The van der Waals surface area contributed by atoms with Crippen molar-refractivity contribution in [3.05, 3.63) is 58.9 Å². The van der Waals surface area contributed by atoms with Crippen LogP contribution >= 0.6 is 23.4 Å². The molecule has 0 saturated carbocycles. The Kier molecular flexibility index (Phi) is 5.51. The van der Waals surface area contributed by atoms with Crippen molar-refractivity contribution < 1.29 is 13.6 Å². The van der Waals surface area contributed by atoms with Crippen LogP contribution in [0.25, 0.3) is 11.5 Å². The minimum Gasteiger partial charge on any atom is -0.411 e. The Balaban J connectivity index is 1.57. The fourth-order valence-corrected chi connectivity index (χ4v) is 2.77. The number of thioether (sulfide) groups is 1. The average Bonchev–Trinajstić information content (AvgIpc) is 3.10. The summed E-state index contributed by atoms with van der Waals surface area (Å²) >= 11 is 6.99. The summed E-state index contributed by atoms with van der Waals surface area (Å²) in [6, 6.07) is 12.2. The molecule has 1 heterocycles. The highest BCUT2D eigenvalue weighted by Crippen LogP contribution is 2.24. The second kappa shape index (κ2) is 7.99. The number of carbonyl (C=O) groups excluding carboxylic acids is 1. The van der Waals surface area contributed by atoms with Crippen molar-refractivity contribution in [3.63, 3.8) is 0 Å². The Labute approximate surface area is 157 Å². The van der Waals surface area contributed by atoms with E-state index in [1.807, 2.05) is 6.07 Å². The normalized spacial score (nSPS) is 10.3. The van der Waals surface area contributed by atoms with Gasteiger partial charge in [0.25, 0.3) is 5.22 Å². The lowest BCUT2D eigenvalue weighted by molar-refractivity contribution is -0.113. The minimum absolute atomic E-state index is 0.0443. The van der Waals surface area contributed by atoms with Crippen molar-refractivity contribution in [2.45, 2.75) is 5.22 Å². The third-order valence-corrected chi connectivity index (χ3v) is 4.33. The van der Waals surface area contributed by atoms with Gasteiger partial charge in [0.2, 0.25) is 11.8 Å². The van der Waals surface area contributed by atoms with Gasteiger partial charge in [-0.25, -0.2) is 4.39 Å². The van der Waals surface area contributed by atoms with Crippen LogP contribution in [0.1, 0.15) is 5.56 Å².